The Balaban J connectivity index is 2.22. The molecule has 0 saturated heterocycles. The van der Waals surface area contributed by atoms with Gasteiger partial charge in [0, 0.05) is 11.6 Å². The highest BCUT2D eigenvalue weighted by Gasteiger charge is 2.23. The summed E-state index contributed by atoms with van der Waals surface area (Å²) in [6.45, 7) is 2.53. The molecule has 1 heterocycles. The zero-order chi connectivity index (χ0) is 16.3. The number of aryl methyl sites for hydroxylation is 1. The molecule has 22 heavy (non-hydrogen) atoms. The fourth-order valence-electron chi connectivity index (χ4n) is 1.76. The van der Waals surface area contributed by atoms with Crippen LogP contribution in [0.4, 0.5) is 0 Å². The molecule has 1 amide bonds. The number of rotatable bonds is 5. The number of nitrogens with one attached hydrogen (secondary N) is 1. The van der Waals surface area contributed by atoms with E-state index in [0.29, 0.717) is 11.6 Å². The molecule has 1 aromatic carbocycles. The van der Waals surface area contributed by atoms with E-state index in [2.05, 4.69) is 4.98 Å². The Bertz CT molecular complexity index is 785. The zero-order valence-electron chi connectivity index (χ0n) is 11.6. The molecule has 0 atom stereocenters. The molecule has 118 valence electrons. The fraction of sp³-hybridized carbons (Fsp3) is 0.231. The summed E-state index contributed by atoms with van der Waals surface area (Å²) in [6.07, 6.45) is 2.20. The van der Waals surface area contributed by atoms with Crippen molar-refractivity contribution in [2.45, 2.75) is 24.8 Å². The highest BCUT2D eigenvalue weighted by atomic mass is 35.5. The maximum Gasteiger partial charge on any atom is 0.286 e. The van der Waals surface area contributed by atoms with E-state index in [9.17, 15) is 13.2 Å². The highest BCUT2D eigenvalue weighted by molar-refractivity contribution is 7.90. The van der Waals surface area contributed by atoms with E-state index in [-0.39, 0.29) is 15.7 Å². The smallest absolute Gasteiger partial charge is 0.286 e. The van der Waals surface area contributed by atoms with Crippen molar-refractivity contribution in [1.29, 1.82) is 0 Å². The van der Waals surface area contributed by atoms with Crippen molar-refractivity contribution >= 4 is 39.1 Å². The SMILES string of the molecule is CCCn1cnc(C(=O)NS(=O)(=O)c2ccc(Cl)cc2)c1Cl. The minimum Gasteiger partial charge on any atom is -0.321 e. The van der Waals surface area contributed by atoms with E-state index in [0.717, 1.165) is 6.42 Å². The number of carbonyl (C=O) groups excluding carboxylic acids is 1. The van der Waals surface area contributed by atoms with Crippen molar-refractivity contribution in [1.82, 2.24) is 14.3 Å². The first-order valence-electron chi connectivity index (χ1n) is 6.38. The van der Waals surface area contributed by atoms with Gasteiger partial charge in [-0.15, -0.1) is 0 Å². The fourth-order valence-corrected chi connectivity index (χ4v) is 3.10. The topological polar surface area (TPSA) is 81.1 Å². The number of sulfonamides is 1. The van der Waals surface area contributed by atoms with Crippen molar-refractivity contribution in [3.05, 3.63) is 46.5 Å². The molecule has 2 rings (SSSR count). The maximum absolute atomic E-state index is 12.1. The lowest BCUT2D eigenvalue weighted by molar-refractivity contribution is 0.0977. The van der Waals surface area contributed by atoms with Crippen LogP contribution in [0.25, 0.3) is 0 Å². The number of halogens is 2. The minimum atomic E-state index is -4.01. The first-order chi connectivity index (χ1) is 10.3. The van der Waals surface area contributed by atoms with Crippen LogP contribution in [-0.4, -0.2) is 23.9 Å². The average molecular weight is 362 g/mol. The summed E-state index contributed by atoms with van der Waals surface area (Å²) in [6, 6.07) is 5.44. The number of amides is 1. The molecule has 0 radical (unpaired) electrons. The molecular formula is C13H13Cl2N3O3S. The van der Waals surface area contributed by atoms with Crippen LogP contribution >= 0.6 is 23.2 Å². The lowest BCUT2D eigenvalue weighted by Gasteiger charge is -2.06. The maximum atomic E-state index is 12.1. The quantitative estimate of drug-likeness (QED) is 0.887. The minimum absolute atomic E-state index is 0.0747. The van der Waals surface area contributed by atoms with Crippen LogP contribution in [0, 0.1) is 0 Å². The molecule has 6 nitrogen and oxygen atoms in total. The normalized spacial score (nSPS) is 11.4. The summed E-state index contributed by atoms with van der Waals surface area (Å²) in [5.41, 5.74) is -0.132. The molecule has 0 fully saturated rings. The molecule has 0 unspecified atom stereocenters. The van der Waals surface area contributed by atoms with E-state index in [4.69, 9.17) is 23.2 Å². The van der Waals surface area contributed by atoms with Crippen LogP contribution in [0.2, 0.25) is 10.2 Å². The van der Waals surface area contributed by atoms with Crippen molar-refractivity contribution in [3.8, 4) is 0 Å². The summed E-state index contributed by atoms with van der Waals surface area (Å²) in [7, 11) is -4.01. The standard InChI is InChI=1S/C13H13Cl2N3O3S/c1-2-7-18-8-16-11(12(18)15)13(19)17-22(20,21)10-5-3-9(14)4-6-10/h3-6,8H,2,7H2,1H3,(H,17,19). The summed E-state index contributed by atoms with van der Waals surface area (Å²) < 4.78 is 27.7. The lowest BCUT2D eigenvalue weighted by atomic mass is 10.4. The van der Waals surface area contributed by atoms with Crippen molar-refractivity contribution in [2.75, 3.05) is 0 Å². The molecule has 0 aliphatic rings. The van der Waals surface area contributed by atoms with Gasteiger partial charge < -0.3 is 4.57 Å². The van der Waals surface area contributed by atoms with Gasteiger partial charge in [0.05, 0.1) is 11.2 Å². The number of benzene rings is 1. The first-order valence-corrected chi connectivity index (χ1v) is 8.62. The Labute approximate surface area is 138 Å². The highest BCUT2D eigenvalue weighted by Crippen LogP contribution is 2.17. The number of hydrogen-bond donors (Lipinski definition) is 1. The Hall–Kier alpha value is -1.57. The molecule has 0 aliphatic heterocycles. The summed E-state index contributed by atoms with van der Waals surface area (Å²) in [5.74, 6) is -0.880. The predicted octanol–water partition coefficient (Wildman–Crippen LogP) is 2.72. The van der Waals surface area contributed by atoms with Crippen molar-refractivity contribution in [2.24, 2.45) is 0 Å². The van der Waals surface area contributed by atoms with E-state index < -0.39 is 15.9 Å². The van der Waals surface area contributed by atoms with Crippen LogP contribution in [-0.2, 0) is 16.6 Å². The molecule has 1 aromatic heterocycles. The number of imidazole rings is 1. The Kier molecular flexibility index (Phi) is 5.10. The van der Waals surface area contributed by atoms with Gasteiger partial charge in [-0.25, -0.2) is 18.1 Å². The van der Waals surface area contributed by atoms with Crippen LogP contribution in [0.3, 0.4) is 0 Å². The molecule has 0 aliphatic carbocycles. The molecule has 2 aromatic rings. The lowest BCUT2D eigenvalue weighted by Crippen LogP contribution is -2.31. The summed E-state index contributed by atoms with van der Waals surface area (Å²) >= 11 is 11.7. The van der Waals surface area contributed by atoms with E-state index in [1.807, 2.05) is 11.6 Å². The molecule has 0 bridgehead atoms. The second-order valence-corrected chi connectivity index (χ2v) is 6.94. The molecule has 9 heteroatoms. The van der Waals surface area contributed by atoms with E-state index in [1.54, 1.807) is 4.57 Å². The number of nitrogens with zero attached hydrogens (tertiary/aromatic N) is 2. The molecule has 0 saturated carbocycles. The van der Waals surface area contributed by atoms with Crippen molar-refractivity contribution in [3.63, 3.8) is 0 Å². The second kappa shape index (κ2) is 6.68. The third-order valence-electron chi connectivity index (χ3n) is 2.80. The van der Waals surface area contributed by atoms with Gasteiger partial charge in [0.1, 0.15) is 5.15 Å². The Morgan fingerprint density at radius 1 is 1.27 bits per heavy atom. The van der Waals surface area contributed by atoms with E-state index in [1.165, 1.54) is 30.6 Å². The van der Waals surface area contributed by atoms with Crippen LogP contribution in [0.5, 0.6) is 0 Å². The van der Waals surface area contributed by atoms with Gasteiger partial charge in [-0.1, -0.05) is 30.1 Å². The van der Waals surface area contributed by atoms with Gasteiger partial charge in [0.25, 0.3) is 15.9 Å². The van der Waals surface area contributed by atoms with Crippen LogP contribution in [0.15, 0.2) is 35.5 Å². The Morgan fingerprint density at radius 2 is 1.91 bits per heavy atom. The monoisotopic (exact) mass is 361 g/mol. The van der Waals surface area contributed by atoms with Gasteiger partial charge in [0.2, 0.25) is 0 Å². The van der Waals surface area contributed by atoms with E-state index >= 15 is 0 Å². The second-order valence-electron chi connectivity index (χ2n) is 4.47. The van der Waals surface area contributed by atoms with Gasteiger partial charge in [-0.05, 0) is 30.7 Å². The number of carbonyl (C=O) groups is 1. The third kappa shape index (κ3) is 3.60. The third-order valence-corrected chi connectivity index (χ3v) is 4.80. The summed E-state index contributed by atoms with van der Waals surface area (Å²) in [5, 5.41) is 0.497. The van der Waals surface area contributed by atoms with Gasteiger partial charge in [-0.3, -0.25) is 4.79 Å². The average Bonchev–Trinajstić information content (AvgIpc) is 2.81. The molecular weight excluding hydrogens is 349 g/mol. The largest absolute Gasteiger partial charge is 0.321 e. The zero-order valence-corrected chi connectivity index (χ0v) is 13.9. The summed E-state index contributed by atoms with van der Waals surface area (Å²) in [4.78, 5) is 15.8. The number of aromatic nitrogens is 2. The van der Waals surface area contributed by atoms with Gasteiger partial charge in [0.15, 0.2) is 5.69 Å². The van der Waals surface area contributed by atoms with Crippen LogP contribution < -0.4 is 4.72 Å². The van der Waals surface area contributed by atoms with Crippen molar-refractivity contribution < 1.29 is 13.2 Å². The molecule has 1 N–H and O–H groups in total. The molecule has 0 spiro atoms. The predicted molar refractivity (Wildman–Crippen MR) is 83.6 cm³/mol. The number of hydrogen-bond acceptors (Lipinski definition) is 4. The van der Waals surface area contributed by atoms with Gasteiger partial charge in [-0.2, -0.15) is 0 Å². The van der Waals surface area contributed by atoms with Crippen LogP contribution in [0.1, 0.15) is 23.8 Å². The first kappa shape index (κ1) is 16.8. The Morgan fingerprint density at radius 3 is 2.50 bits per heavy atom. The van der Waals surface area contributed by atoms with Gasteiger partial charge >= 0.3 is 0 Å².